The zero-order valence-electron chi connectivity index (χ0n) is 14.4. The lowest BCUT2D eigenvalue weighted by Gasteiger charge is -2.26. The first-order valence-electron chi connectivity index (χ1n) is 7.93. The van der Waals surface area contributed by atoms with E-state index in [1.807, 2.05) is 19.0 Å². The molecule has 0 unspecified atom stereocenters. The van der Waals surface area contributed by atoms with Crippen LogP contribution in [0.25, 0.3) is 0 Å². The van der Waals surface area contributed by atoms with Gasteiger partial charge < -0.3 is 19.3 Å². The summed E-state index contributed by atoms with van der Waals surface area (Å²) in [5.74, 6) is -0.206. The molecule has 6 nitrogen and oxygen atoms in total. The van der Waals surface area contributed by atoms with Gasteiger partial charge >= 0.3 is 0 Å². The Bertz CT molecular complexity index is 820. The number of amides is 1. The predicted octanol–water partition coefficient (Wildman–Crippen LogP) is 2.79. The maximum absolute atomic E-state index is 12.9. The fourth-order valence-corrected chi connectivity index (χ4v) is 3.54. The summed E-state index contributed by atoms with van der Waals surface area (Å²) in [6.45, 7) is 2.78. The second kappa shape index (κ2) is 6.85. The number of aliphatic hydroxyl groups is 1. The number of nitrogens with zero attached hydrogens (tertiary/aromatic N) is 2. The van der Waals surface area contributed by atoms with E-state index in [2.05, 4.69) is 0 Å². The minimum atomic E-state index is -0.712. The van der Waals surface area contributed by atoms with E-state index in [0.717, 1.165) is 0 Å². The summed E-state index contributed by atoms with van der Waals surface area (Å²) >= 11 is 1.28. The second-order valence-corrected chi connectivity index (χ2v) is 7.17. The molecular weight excluding hydrogens is 340 g/mol. The van der Waals surface area contributed by atoms with Gasteiger partial charge in [0, 0.05) is 13.1 Å². The minimum absolute atomic E-state index is 0.0838. The van der Waals surface area contributed by atoms with Crippen molar-refractivity contribution < 1.29 is 19.1 Å². The molecule has 7 heteroatoms. The van der Waals surface area contributed by atoms with Crippen LogP contribution in [0, 0.1) is 6.92 Å². The number of likely N-dealkylation sites (N-methyl/N-ethyl adjacent to an activating group) is 1. The Hall–Kier alpha value is -2.38. The van der Waals surface area contributed by atoms with Crippen molar-refractivity contribution in [3.63, 3.8) is 0 Å². The summed E-state index contributed by atoms with van der Waals surface area (Å²) in [5, 5.41) is 12.2. The molecule has 2 aromatic heterocycles. The third-order valence-corrected chi connectivity index (χ3v) is 4.98. The summed E-state index contributed by atoms with van der Waals surface area (Å²) in [5.41, 5.74) is 0.0838. The fraction of sp³-hybridized carbons (Fsp3) is 0.333. The first kappa shape index (κ1) is 17.4. The quantitative estimate of drug-likeness (QED) is 0.802. The molecule has 1 amide bonds. The van der Waals surface area contributed by atoms with E-state index in [-0.39, 0.29) is 11.4 Å². The smallest absolute Gasteiger partial charge is 0.290 e. The molecule has 0 aromatic carbocycles. The number of thiophene rings is 1. The Morgan fingerprint density at radius 2 is 2.12 bits per heavy atom. The topological polar surface area (TPSA) is 74.0 Å². The Morgan fingerprint density at radius 3 is 2.68 bits per heavy atom. The summed E-state index contributed by atoms with van der Waals surface area (Å²) in [7, 11) is 3.80. The van der Waals surface area contributed by atoms with Gasteiger partial charge in [0.2, 0.25) is 5.78 Å². The standard InChI is InChI=1S/C18H20N2O4S/c1-11-6-7-12(24-11)15-14(16(21)13-5-4-10-25-13)17(22)18(23)20(15)9-8-19(2)3/h4-7,10,15,22H,8-9H2,1-3H3/t15-/m0/s1. The molecule has 1 aliphatic rings. The van der Waals surface area contributed by atoms with E-state index in [1.165, 1.54) is 16.2 Å². The Morgan fingerprint density at radius 1 is 1.36 bits per heavy atom. The minimum Gasteiger partial charge on any atom is -0.503 e. The molecule has 1 atom stereocenters. The van der Waals surface area contributed by atoms with Crippen LogP contribution in [0.2, 0.25) is 0 Å². The highest BCUT2D eigenvalue weighted by atomic mass is 32.1. The average molecular weight is 360 g/mol. The maximum atomic E-state index is 12.9. The first-order chi connectivity index (χ1) is 11.9. The van der Waals surface area contributed by atoms with Crippen LogP contribution >= 0.6 is 11.3 Å². The number of furan rings is 1. The first-order valence-corrected chi connectivity index (χ1v) is 8.81. The second-order valence-electron chi connectivity index (χ2n) is 6.22. The van der Waals surface area contributed by atoms with Crippen molar-refractivity contribution in [1.82, 2.24) is 9.80 Å². The molecule has 0 saturated heterocycles. The third kappa shape index (κ3) is 3.25. The van der Waals surface area contributed by atoms with Crippen molar-refractivity contribution in [2.75, 3.05) is 27.2 Å². The average Bonchev–Trinajstić information content (AvgIpc) is 3.27. The number of aliphatic hydroxyl groups excluding tert-OH is 1. The largest absolute Gasteiger partial charge is 0.503 e. The maximum Gasteiger partial charge on any atom is 0.290 e. The molecule has 0 saturated carbocycles. The number of aryl methyl sites for hydroxylation is 1. The molecule has 3 rings (SSSR count). The van der Waals surface area contributed by atoms with Crippen LogP contribution in [-0.2, 0) is 4.79 Å². The van der Waals surface area contributed by atoms with Gasteiger partial charge in [-0.05, 0) is 44.6 Å². The zero-order chi connectivity index (χ0) is 18.1. The van der Waals surface area contributed by atoms with Crippen molar-refractivity contribution in [1.29, 1.82) is 0 Å². The van der Waals surface area contributed by atoms with Gasteiger partial charge in [-0.1, -0.05) is 6.07 Å². The van der Waals surface area contributed by atoms with Crippen LogP contribution < -0.4 is 0 Å². The van der Waals surface area contributed by atoms with E-state index in [9.17, 15) is 14.7 Å². The van der Waals surface area contributed by atoms with Crippen LogP contribution in [0.1, 0.15) is 27.2 Å². The molecule has 2 aromatic rings. The van der Waals surface area contributed by atoms with Crippen LogP contribution in [0.15, 0.2) is 45.4 Å². The normalized spacial score (nSPS) is 17.8. The van der Waals surface area contributed by atoms with Gasteiger partial charge in [0.05, 0.1) is 10.5 Å². The van der Waals surface area contributed by atoms with Crippen LogP contribution in [0.4, 0.5) is 0 Å². The Labute approximate surface area is 150 Å². The summed E-state index contributed by atoms with van der Waals surface area (Å²) in [6.07, 6.45) is 0. The summed E-state index contributed by atoms with van der Waals surface area (Å²) < 4.78 is 5.70. The van der Waals surface area contributed by atoms with Gasteiger partial charge in [-0.2, -0.15) is 0 Å². The lowest BCUT2D eigenvalue weighted by Crippen LogP contribution is -2.36. The molecule has 25 heavy (non-hydrogen) atoms. The number of hydrogen-bond donors (Lipinski definition) is 1. The SMILES string of the molecule is Cc1ccc([C@H]2C(C(=O)c3cccs3)=C(O)C(=O)N2CCN(C)C)o1. The number of carbonyl (C=O) groups is 2. The Kier molecular flexibility index (Phi) is 4.78. The lowest BCUT2D eigenvalue weighted by atomic mass is 10.0. The van der Waals surface area contributed by atoms with Crippen LogP contribution in [0.5, 0.6) is 0 Å². The van der Waals surface area contributed by atoms with E-state index < -0.39 is 17.7 Å². The molecule has 0 spiro atoms. The third-order valence-electron chi connectivity index (χ3n) is 4.11. The van der Waals surface area contributed by atoms with E-state index in [4.69, 9.17) is 4.42 Å². The van der Waals surface area contributed by atoms with E-state index in [1.54, 1.807) is 36.6 Å². The highest BCUT2D eigenvalue weighted by Crippen LogP contribution is 2.39. The van der Waals surface area contributed by atoms with Gasteiger partial charge in [0.15, 0.2) is 5.76 Å². The molecule has 0 radical (unpaired) electrons. The van der Waals surface area contributed by atoms with Crippen molar-refractivity contribution in [3.8, 4) is 0 Å². The molecule has 0 bridgehead atoms. The Balaban J connectivity index is 2.03. The fourth-order valence-electron chi connectivity index (χ4n) is 2.86. The predicted molar refractivity (Wildman–Crippen MR) is 94.8 cm³/mol. The summed E-state index contributed by atoms with van der Waals surface area (Å²) in [4.78, 5) is 29.4. The van der Waals surface area contributed by atoms with Gasteiger partial charge in [0.1, 0.15) is 17.6 Å². The molecule has 0 aliphatic carbocycles. The number of hydrogen-bond acceptors (Lipinski definition) is 6. The monoisotopic (exact) mass is 360 g/mol. The zero-order valence-corrected chi connectivity index (χ0v) is 15.2. The number of carbonyl (C=O) groups excluding carboxylic acids is 2. The highest BCUT2D eigenvalue weighted by molar-refractivity contribution is 7.12. The lowest BCUT2D eigenvalue weighted by molar-refractivity contribution is -0.129. The number of Topliss-reactive ketones (excluding diaryl/α,β-unsaturated/α-hetero) is 1. The molecule has 0 fully saturated rings. The number of rotatable bonds is 6. The van der Waals surface area contributed by atoms with Crippen LogP contribution in [0.3, 0.4) is 0 Å². The van der Waals surface area contributed by atoms with Gasteiger partial charge in [-0.25, -0.2) is 0 Å². The van der Waals surface area contributed by atoms with Crippen molar-refractivity contribution in [3.05, 3.63) is 57.4 Å². The number of ketones is 1. The van der Waals surface area contributed by atoms with Gasteiger partial charge in [-0.15, -0.1) is 11.3 Å². The van der Waals surface area contributed by atoms with Gasteiger partial charge in [0.25, 0.3) is 5.91 Å². The van der Waals surface area contributed by atoms with E-state index in [0.29, 0.717) is 29.5 Å². The van der Waals surface area contributed by atoms with Crippen molar-refractivity contribution >= 4 is 23.0 Å². The molecule has 3 heterocycles. The van der Waals surface area contributed by atoms with Crippen molar-refractivity contribution in [2.24, 2.45) is 0 Å². The molecule has 1 N–H and O–H groups in total. The molecule has 1 aliphatic heterocycles. The van der Waals surface area contributed by atoms with Crippen molar-refractivity contribution in [2.45, 2.75) is 13.0 Å². The summed E-state index contributed by atoms with van der Waals surface area (Å²) in [6, 6.07) is 6.27. The van der Waals surface area contributed by atoms with Gasteiger partial charge in [-0.3, -0.25) is 9.59 Å². The molecular formula is C18H20N2O4S. The highest BCUT2D eigenvalue weighted by Gasteiger charge is 2.45. The molecule has 132 valence electrons. The van der Waals surface area contributed by atoms with E-state index >= 15 is 0 Å². The van der Waals surface area contributed by atoms with Crippen LogP contribution in [-0.4, -0.2) is 53.8 Å².